The molecule has 230 valence electrons. The SMILES string of the molecule is C=C(C)C1C(C)C(C(C)C)C2(C)CC3(C)Cc4c(C(C)C)cc(CCC5=CCC=C5)c(C)c4C(=C)C3C(C)C2(C)C1C. The van der Waals surface area contributed by atoms with E-state index in [4.69, 9.17) is 6.58 Å². The molecule has 4 aliphatic carbocycles. The number of allylic oxidation sites excluding steroid dienone is 6. The van der Waals surface area contributed by atoms with Crippen LogP contribution in [-0.4, -0.2) is 0 Å². The lowest BCUT2D eigenvalue weighted by Gasteiger charge is -2.73. The molecular weight excluding hydrogens is 504 g/mol. The Morgan fingerprint density at radius 2 is 1.69 bits per heavy atom. The molecule has 0 heterocycles. The molecule has 0 aliphatic heterocycles. The van der Waals surface area contributed by atoms with Gasteiger partial charge in [0.2, 0.25) is 0 Å². The van der Waals surface area contributed by atoms with Gasteiger partial charge in [-0.25, -0.2) is 0 Å². The van der Waals surface area contributed by atoms with Crippen molar-refractivity contribution in [2.24, 2.45) is 57.7 Å². The first-order chi connectivity index (χ1) is 19.5. The normalized spacial score (nSPS) is 39.3. The number of fused-ring (bicyclic) bond motifs is 3. The van der Waals surface area contributed by atoms with Crippen molar-refractivity contribution in [1.82, 2.24) is 0 Å². The zero-order valence-corrected chi connectivity index (χ0v) is 29.4. The van der Waals surface area contributed by atoms with Gasteiger partial charge in [-0.3, -0.25) is 0 Å². The van der Waals surface area contributed by atoms with E-state index in [9.17, 15) is 0 Å². The second-order valence-electron chi connectivity index (χ2n) is 17.0. The number of hydrogen-bond donors (Lipinski definition) is 0. The van der Waals surface area contributed by atoms with Gasteiger partial charge in [0.15, 0.2) is 0 Å². The second kappa shape index (κ2) is 10.7. The van der Waals surface area contributed by atoms with Gasteiger partial charge in [0.1, 0.15) is 0 Å². The summed E-state index contributed by atoms with van der Waals surface area (Å²) in [5.74, 6) is 4.76. The highest BCUT2D eigenvalue weighted by atomic mass is 14.7. The highest BCUT2D eigenvalue weighted by molar-refractivity contribution is 5.76. The van der Waals surface area contributed by atoms with E-state index in [1.54, 1.807) is 22.3 Å². The third-order valence-corrected chi connectivity index (χ3v) is 14.1. The maximum Gasteiger partial charge on any atom is -0.00731 e. The lowest BCUT2D eigenvalue weighted by Crippen LogP contribution is -2.68. The van der Waals surface area contributed by atoms with Crippen LogP contribution in [0.5, 0.6) is 0 Å². The van der Waals surface area contributed by atoms with Crippen LogP contribution >= 0.6 is 0 Å². The molecule has 0 spiro atoms. The Hall–Kier alpha value is -1.82. The Morgan fingerprint density at radius 3 is 2.24 bits per heavy atom. The first-order valence-corrected chi connectivity index (χ1v) is 17.4. The predicted octanol–water partition coefficient (Wildman–Crippen LogP) is 11.9. The topological polar surface area (TPSA) is 0 Å². The molecular formula is C42H62. The second-order valence-corrected chi connectivity index (χ2v) is 17.0. The van der Waals surface area contributed by atoms with Crippen LogP contribution in [0, 0.1) is 64.6 Å². The average molecular weight is 567 g/mol. The van der Waals surface area contributed by atoms with Crippen LogP contribution in [-0.2, 0) is 12.8 Å². The minimum absolute atomic E-state index is 0.219. The third kappa shape index (κ3) is 4.35. The molecule has 9 atom stereocenters. The Kier molecular flexibility index (Phi) is 8.02. The van der Waals surface area contributed by atoms with Gasteiger partial charge in [-0.15, -0.1) is 0 Å². The van der Waals surface area contributed by atoms with Gasteiger partial charge < -0.3 is 0 Å². The van der Waals surface area contributed by atoms with Crippen LogP contribution in [0.1, 0.15) is 129 Å². The van der Waals surface area contributed by atoms with Crippen LogP contribution in [0.3, 0.4) is 0 Å². The summed E-state index contributed by atoms with van der Waals surface area (Å²) in [4.78, 5) is 0. The predicted molar refractivity (Wildman–Crippen MR) is 185 cm³/mol. The molecule has 42 heavy (non-hydrogen) atoms. The fourth-order valence-electron chi connectivity index (χ4n) is 12.6. The van der Waals surface area contributed by atoms with E-state index < -0.39 is 0 Å². The Morgan fingerprint density at radius 1 is 1.02 bits per heavy atom. The lowest BCUT2D eigenvalue weighted by atomic mass is 9.31. The van der Waals surface area contributed by atoms with E-state index in [2.05, 4.69) is 114 Å². The largest absolute Gasteiger partial charge is 0.0998 e. The molecule has 0 nitrogen and oxygen atoms in total. The molecule has 0 bridgehead atoms. The summed E-state index contributed by atoms with van der Waals surface area (Å²) in [5, 5.41) is 0. The number of rotatable bonds is 6. The van der Waals surface area contributed by atoms with Gasteiger partial charge in [0, 0.05) is 0 Å². The summed E-state index contributed by atoms with van der Waals surface area (Å²) < 4.78 is 0. The highest BCUT2D eigenvalue weighted by Crippen LogP contribution is 2.76. The van der Waals surface area contributed by atoms with E-state index in [-0.39, 0.29) is 16.2 Å². The van der Waals surface area contributed by atoms with E-state index in [1.165, 1.54) is 35.1 Å². The smallest absolute Gasteiger partial charge is 0.00731 e. The minimum Gasteiger partial charge on any atom is -0.0998 e. The van der Waals surface area contributed by atoms with Gasteiger partial charge in [-0.05, 0) is 143 Å². The molecule has 2 saturated carbocycles. The van der Waals surface area contributed by atoms with Crippen molar-refractivity contribution in [3.8, 4) is 0 Å². The first-order valence-electron chi connectivity index (χ1n) is 17.4. The Balaban J connectivity index is 1.67. The third-order valence-electron chi connectivity index (χ3n) is 14.1. The maximum atomic E-state index is 5.08. The molecule has 0 radical (unpaired) electrons. The number of benzene rings is 1. The standard InChI is InChI=1S/C42H62/c1-24(2)34-21-33(20-19-32-17-15-16-18-32)27(7)37-29(9)39-31(11)42(14)30(10)36(25(3)4)28(8)38(26(5)6)41(42,13)23-40(39,12)22-35(34)37/h15,17-18,21,24,26,28,30-31,36,38-39H,3,9,16,19-20,22-23H2,1-2,4-8,10-14H3. The fraction of sp³-hybridized carbons (Fsp3) is 0.667. The van der Waals surface area contributed by atoms with E-state index in [1.807, 2.05) is 0 Å². The quantitative estimate of drug-likeness (QED) is 0.300. The van der Waals surface area contributed by atoms with Crippen molar-refractivity contribution in [2.45, 2.75) is 121 Å². The van der Waals surface area contributed by atoms with Crippen LogP contribution in [0.4, 0.5) is 0 Å². The number of hydrogen-bond acceptors (Lipinski definition) is 0. The molecule has 9 unspecified atom stereocenters. The molecule has 1 aromatic rings. The first kappa shape index (κ1) is 31.6. The molecule has 0 N–H and O–H groups in total. The van der Waals surface area contributed by atoms with Crippen molar-refractivity contribution in [3.63, 3.8) is 0 Å². The van der Waals surface area contributed by atoms with Gasteiger partial charge in [0.25, 0.3) is 0 Å². The van der Waals surface area contributed by atoms with Gasteiger partial charge >= 0.3 is 0 Å². The molecule has 0 aromatic heterocycles. The fourth-order valence-corrected chi connectivity index (χ4v) is 12.6. The molecule has 0 saturated heterocycles. The summed E-state index contributed by atoms with van der Waals surface area (Å²) in [5.41, 5.74) is 12.9. The van der Waals surface area contributed by atoms with Crippen molar-refractivity contribution in [2.75, 3.05) is 0 Å². The Labute approximate surface area is 260 Å². The number of aryl methyl sites for hydroxylation is 1. The zero-order chi connectivity index (χ0) is 31.1. The van der Waals surface area contributed by atoms with Crippen LogP contribution in [0.15, 0.2) is 48.6 Å². The van der Waals surface area contributed by atoms with Crippen molar-refractivity contribution >= 4 is 5.57 Å². The monoisotopic (exact) mass is 566 g/mol. The van der Waals surface area contributed by atoms with Crippen LogP contribution in [0.2, 0.25) is 0 Å². The van der Waals surface area contributed by atoms with Gasteiger partial charge in [-0.1, -0.05) is 118 Å². The summed E-state index contributed by atoms with van der Waals surface area (Å²) in [6, 6.07) is 2.60. The summed E-state index contributed by atoms with van der Waals surface area (Å²) in [7, 11) is 0. The average Bonchev–Trinajstić information content (AvgIpc) is 3.39. The van der Waals surface area contributed by atoms with Crippen molar-refractivity contribution in [1.29, 1.82) is 0 Å². The molecule has 2 fully saturated rings. The summed E-state index contributed by atoms with van der Waals surface area (Å²) >= 11 is 0. The van der Waals surface area contributed by atoms with Gasteiger partial charge in [0.05, 0.1) is 0 Å². The Bertz CT molecular complexity index is 1330. The molecule has 4 aliphatic rings. The zero-order valence-electron chi connectivity index (χ0n) is 29.4. The molecule has 0 heteroatoms. The molecule has 5 rings (SSSR count). The highest BCUT2D eigenvalue weighted by Gasteiger charge is 2.69. The van der Waals surface area contributed by atoms with E-state index >= 15 is 0 Å². The lowest BCUT2D eigenvalue weighted by molar-refractivity contribution is -0.230. The molecule has 1 aromatic carbocycles. The van der Waals surface area contributed by atoms with Crippen LogP contribution in [0.25, 0.3) is 5.57 Å². The van der Waals surface area contributed by atoms with Crippen LogP contribution < -0.4 is 0 Å². The summed E-state index contributed by atoms with van der Waals surface area (Å²) in [6.07, 6.45) is 12.9. The van der Waals surface area contributed by atoms with Crippen molar-refractivity contribution in [3.05, 3.63) is 76.4 Å². The molecule has 0 amide bonds. The maximum absolute atomic E-state index is 5.08. The van der Waals surface area contributed by atoms with E-state index in [0.717, 1.165) is 19.3 Å². The summed E-state index contributed by atoms with van der Waals surface area (Å²) in [6.45, 7) is 40.1. The van der Waals surface area contributed by atoms with E-state index in [0.29, 0.717) is 47.3 Å². The van der Waals surface area contributed by atoms with Gasteiger partial charge in [-0.2, -0.15) is 0 Å². The van der Waals surface area contributed by atoms with Crippen molar-refractivity contribution < 1.29 is 0 Å². The minimum atomic E-state index is 0.219.